The van der Waals surface area contributed by atoms with Crippen molar-refractivity contribution in [1.82, 2.24) is 15.0 Å². The van der Waals surface area contributed by atoms with E-state index in [-0.39, 0.29) is 5.56 Å². The van der Waals surface area contributed by atoms with Crippen LogP contribution in [0.2, 0.25) is 0 Å². The second kappa shape index (κ2) is 5.20. The first-order chi connectivity index (χ1) is 9.67. The lowest BCUT2D eigenvalue weighted by Crippen LogP contribution is -2.32. The Morgan fingerprint density at radius 3 is 3.05 bits per heavy atom. The minimum atomic E-state index is -0.965. The first kappa shape index (κ1) is 13.1. The van der Waals surface area contributed by atoms with E-state index in [1.54, 1.807) is 0 Å². The number of carboxylic acids is 1. The molecule has 1 saturated carbocycles. The Hall–Kier alpha value is -1.95. The molecule has 2 aromatic heterocycles. The fourth-order valence-electron chi connectivity index (χ4n) is 2.72. The van der Waals surface area contributed by atoms with Crippen LogP contribution in [0, 0.1) is 5.92 Å². The van der Waals surface area contributed by atoms with E-state index < -0.39 is 5.97 Å². The molecule has 2 N–H and O–H groups in total. The molecule has 1 aliphatic rings. The highest BCUT2D eigenvalue weighted by molar-refractivity contribution is 5.99. The SMILES string of the molecule is CCOC1CC(Cc2nc3nccc(C(=O)O)c3[nH]2)C1. The van der Waals surface area contributed by atoms with Crippen molar-refractivity contribution >= 4 is 17.1 Å². The summed E-state index contributed by atoms with van der Waals surface area (Å²) in [6.45, 7) is 2.76. The molecule has 0 spiro atoms. The van der Waals surface area contributed by atoms with Gasteiger partial charge >= 0.3 is 5.97 Å². The Morgan fingerprint density at radius 2 is 2.35 bits per heavy atom. The molecule has 1 aliphatic carbocycles. The average molecular weight is 275 g/mol. The van der Waals surface area contributed by atoms with Crippen molar-refractivity contribution in [3.63, 3.8) is 0 Å². The molecule has 0 bridgehead atoms. The molecule has 0 amide bonds. The second-order valence-corrected chi connectivity index (χ2v) is 5.16. The van der Waals surface area contributed by atoms with E-state index >= 15 is 0 Å². The number of aromatic amines is 1. The van der Waals surface area contributed by atoms with Crippen LogP contribution in [0.5, 0.6) is 0 Å². The van der Waals surface area contributed by atoms with E-state index in [4.69, 9.17) is 9.84 Å². The zero-order chi connectivity index (χ0) is 14.1. The number of imidazole rings is 1. The number of H-pyrrole nitrogens is 1. The maximum atomic E-state index is 11.1. The van der Waals surface area contributed by atoms with Crippen LogP contribution >= 0.6 is 0 Å². The highest BCUT2D eigenvalue weighted by Crippen LogP contribution is 2.32. The molecule has 6 heteroatoms. The largest absolute Gasteiger partial charge is 0.478 e. The fourth-order valence-corrected chi connectivity index (χ4v) is 2.72. The van der Waals surface area contributed by atoms with Crippen LogP contribution in [-0.4, -0.2) is 38.7 Å². The van der Waals surface area contributed by atoms with Crippen molar-refractivity contribution in [2.45, 2.75) is 32.3 Å². The van der Waals surface area contributed by atoms with Gasteiger partial charge in [0, 0.05) is 19.2 Å². The third kappa shape index (κ3) is 2.38. The molecule has 3 rings (SSSR count). The van der Waals surface area contributed by atoms with Crippen molar-refractivity contribution in [3.05, 3.63) is 23.7 Å². The quantitative estimate of drug-likeness (QED) is 0.871. The zero-order valence-electron chi connectivity index (χ0n) is 11.3. The predicted octanol–water partition coefficient (Wildman–Crippen LogP) is 2.01. The lowest BCUT2D eigenvalue weighted by molar-refractivity contribution is -0.0244. The number of aromatic carboxylic acids is 1. The van der Waals surface area contributed by atoms with Gasteiger partial charge in [0.05, 0.1) is 17.2 Å². The highest BCUT2D eigenvalue weighted by Gasteiger charge is 2.30. The minimum Gasteiger partial charge on any atom is -0.478 e. The van der Waals surface area contributed by atoms with Gasteiger partial charge in [-0.25, -0.2) is 14.8 Å². The summed E-state index contributed by atoms with van der Waals surface area (Å²) < 4.78 is 5.53. The third-order valence-electron chi connectivity index (χ3n) is 3.75. The van der Waals surface area contributed by atoms with Crippen LogP contribution in [0.15, 0.2) is 12.3 Å². The molecule has 2 aromatic rings. The molecular weight excluding hydrogens is 258 g/mol. The Balaban J connectivity index is 1.74. The van der Waals surface area contributed by atoms with E-state index in [0.29, 0.717) is 23.2 Å². The minimum absolute atomic E-state index is 0.217. The zero-order valence-corrected chi connectivity index (χ0v) is 11.3. The number of carbonyl (C=O) groups is 1. The van der Waals surface area contributed by atoms with Crippen molar-refractivity contribution in [3.8, 4) is 0 Å². The number of hydrogen-bond donors (Lipinski definition) is 2. The number of rotatable bonds is 5. The number of ether oxygens (including phenoxy) is 1. The molecule has 0 atom stereocenters. The lowest BCUT2D eigenvalue weighted by atomic mass is 9.80. The maximum Gasteiger partial charge on any atom is 0.338 e. The number of carboxylic acid groups (broad SMARTS) is 1. The molecule has 2 heterocycles. The smallest absolute Gasteiger partial charge is 0.338 e. The number of pyridine rings is 1. The second-order valence-electron chi connectivity index (χ2n) is 5.16. The summed E-state index contributed by atoms with van der Waals surface area (Å²) in [6, 6.07) is 1.49. The summed E-state index contributed by atoms with van der Waals surface area (Å²) in [7, 11) is 0. The molecule has 20 heavy (non-hydrogen) atoms. The van der Waals surface area contributed by atoms with Gasteiger partial charge in [-0.05, 0) is 31.7 Å². The van der Waals surface area contributed by atoms with Crippen LogP contribution in [-0.2, 0) is 11.2 Å². The van der Waals surface area contributed by atoms with E-state index in [1.807, 2.05) is 6.92 Å². The maximum absolute atomic E-state index is 11.1. The topological polar surface area (TPSA) is 88.1 Å². The first-order valence-electron chi connectivity index (χ1n) is 6.86. The molecular formula is C14H17N3O3. The molecule has 0 saturated heterocycles. The summed E-state index contributed by atoms with van der Waals surface area (Å²) in [5, 5.41) is 9.13. The Labute approximate surface area is 116 Å². The molecule has 0 aromatic carbocycles. The Morgan fingerprint density at radius 1 is 1.55 bits per heavy atom. The van der Waals surface area contributed by atoms with Gasteiger partial charge in [-0.15, -0.1) is 0 Å². The van der Waals surface area contributed by atoms with Crippen LogP contribution in [0.3, 0.4) is 0 Å². The number of aromatic nitrogens is 3. The Bertz CT molecular complexity index is 632. The molecule has 6 nitrogen and oxygen atoms in total. The van der Waals surface area contributed by atoms with Gasteiger partial charge in [-0.2, -0.15) is 0 Å². The third-order valence-corrected chi connectivity index (χ3v) is 3.75. The molecule has 106 valence electrons. The van der Waals surface area contributed by atoms with Crippen LogP contribution in [0.1, 0.15) is 35.9 Å². The molecule has 1 fully saturated rings. The number of nitrogens with one attached hydrogen (secondary N) is 1. The number of hydrogen-bond acceptors (Lipinski definition) is 4. The standard InChI is InChI=1S/C14H17N3O3/c1-2-20-9-5-8(6-9)7-11-16-12-10(14(18)19)3-4-15-13(12)17-11/h3-4,8-9H,2,5-7H2,1H3,(H,18,19)(H,15,16,17). The van der Waals surface area contributed by atoms with E-state index in [2.05, 4.69) is 15.0 Å². The van der Waals surface area contributed by atoms with E-state index in [9.17, 15) is 4.79 Å². The van der Waals surface area contributed by atoms with Gasteiger partial charge in [-0.3, -0.25) is 0 Å². The molecule has 0 unspecified atom stereocenters. The van der Waals surface area contributed by atoms with E-state index in [1.165, 1.54) is 12.3 Å². The van der Waals surface area contributed by atoms with Gasteiger partial charge in [0.2, 0.25) is 0 Å². The Kier molecular flexibility index (Phi) is 3.40. The summed E-state index contributed by atoms with van der Waals surface area (Å²) >= 11 is 0. The fraction of sp³-hybridized carbons (Fsp3) is 0.500. The van der Waals surface area contributed by atoms with Gasteiger partial charge in [0.25, 0.3) is 0 Å². The van der Waals surface area contributed by atoms with Gasteiger partial charge < -0.3 is 14.8 Å². The summed E-state index contributed by atoms with van der Waals surface area (Å²) in [5.74, 6) is 0.397. The number of nitrogens with zero attached hydrogens (tertiary/aromatic N) is 2. The summed E-state index contributed by atoms with van der Waals surface area (Å²) in [4.78, 5) is 22.7. The van der Waals surface area contributed by atoms with Crippen LogP contribution < -0.4 is 0 Å². The van der Waals surface area contributed by atoms with Crippen molar-refractivity contribution in [2.75, 3.05) is 6.61 Å². The molecule has 0 radical (unpaired) electrons. The van der Waals surface area contributed by atoms with Crippen molar-refractivity contribution < 1.29 is 14.6 Å². The highest BCUT2D eigenvalue weighted by atomic mass is 16.5. The normalized spacial score (nSPS) is 21.9. The summed E-state index contributed by atoms with van der Waals surface area (Å²) in [5.41, 5.74) is 1.20. The lowest BCUT2D eigenvalue weighted by Gasteiger charge is -2.34. The predicted molar refractivity (Wildman–Crippen MR) is 72.7 cm³/mol. The van der Waals surface area contributed by atoms with Crippen LogP contribution in [0.4, 0.5) is 0 Å². The van der Waals surface area contributed by atoms with Crippen molar-refractivity contribution in [2.24, 2.45) is 5.92 Å². The van der Waals surface area contributed by atoms with E-state index in [0.717, 1.165) is 31.7 Å². The van der Waals surface area contributed by atoms with Crippen molar-refractivity contribution in [1.29, 1.82) is 0 Å². The van der Waals surface area contributed by atoms with Gasteiger partial charge in [0.1, 0.15) is 5.82 Å². The average Bonchev–Trinajstić information content (AvgIpc) is 2.78. The number of fused-ring (bicyclic) bond motifs is 1. The van der Waals surface area contributed by atoms with Crippen LogP contribution in [0.25, 0.3) is 11.2 Å². The van der Waals surface area contributed by atoms with Gasteiger partial charge in [-0.1, -0.05) is 0 Å². The molecule has 0 aliphatic heterocycles. The van der Waals surface area contributed by atoms with Gasteiger partial charge in [0.15, 0.2) is 5.65 Å². The first-order valence-corrected chi connectivity index (χ1v) is 6.86. The monoisotopic (exact) mass is 275 g/mol. The summed E-state index contributed by atoms with van der Waals surface area (Å²) in [6.07, 6.45) is 4.76.